The van der Waals surface area contributed by atoms with Gasteiger partial charge >= 0.3 is 0 Å². The van der Waals surface area contributed by atoms with Crippen molar-refractivity contribution in [2.75, 3.05) is 0 Å². The van der Waals surface area contributed by atoms with E-state index in [4.69, 9.17) is 0 Å². The normalized spacial score (nSPS) is 11.6. The van der Waals surface area contributed by atoms with E-state index >= 15 is 0 Å². The van der Waals surface area contributed by atoms with E-state index in [0.29, 0.717) is 19.4 Å². The molecule has 1 rings (SSSR count). The van der Waals surface area contributed by atoms with Gasteiger partial charge in [0.05, 0.1) is 0 Å². The van der Waals surface area contributed by atoms with Gasteiger partial charge in [0.15, 0.2) is 0 Å². The minimum atomic E-state index is -0.325. The van der Waals surface area contributed by atoms with Crippen LogP contribution in [0.15, 0.2) is 18.2 Å². The maximum atomic E-state index is 11.3. The van der Waals surface area contributed by atoms with E-state index in [1.54, 1.807) is 4.90 Å². The van der Waals surface area contributed by atoms with Gasteiger partial charge in [-0.1, -0.05) is 18.2 Å². The molecule has 3 amide bonds. The van der Waals surface area contributed by atoms with E-state index in [1.165, 1.54) is 11.1 Å². The molecule has 0 aliphatic heterocycles. The second-order valence-electron chi connectivity index (χ2n) is 5.21. The molecular formula is C16H22N2O3. The number of amides is 3. The maximum absolute atomic E-state index is 11.3. The summed E-state index contributed by atoms with van der Waals surface area (Å²) in [5, 5.41) is 2.10. The van der Waals surface area contributed by atoms with Gasteiger partial charge in [-0.25, -0.2) is 0 Å². The van der Waals surface area contributed by atoms with Crippen molar-refractivity contribution >= 4 is 18.7 Å². The Bertz CT molecular complexity index is 514. The first-order chi connectivity index (χ1) is 9.99. The third-order valence-electron chi connectivity index (χ3n) is 3.78. The Labute approximate surface area is 125 Å². The Hall–Kier alpha value is -2.17. The number of benzene rings is 1. The summed E-state index contributed by atoms with van der Waals surface area (Å²) in [5.74, 6) is -0.325. The van der Waals surface area contributed by atoms with Crippen LogP contribution in [0.2, 0.25) is 0 Å². The van der Waals surface area contributed by atoms with Crippen LogP contribution in [-0.4, -0.2) is 29.7 Å². The van der Waals surface area contributed by atoms with Gasteiger partial charge in [-0.15, -0.1) is 0 Å². The largest absolute Gasteiger partial charge is 0.338 e. The molecule has 0 saturated heterocycles. The molecule has 0 fully saturated rings. The standard InChI is InChI=1S/C16H22N2O3/c1-12-5-4-6-15(14(12)3)9-18(11-20)13(2)7-8-16(21)17-10-19/h4-6,10-11,13H,7-9H2,1-3H3,(H,17,19,21). The molecule has 114 valence electrons. The van der Waals surface area contributed by atoms with Crippen LogP contribution in [0.5, 0.6) is 0 Å². The quantitative estimate of drug-likeness (QED) is 0.741. The summed E-state index contributed by atoms with van der Waals surface area (Å²) < 4.78 is 0. The van der Waals surface area contributed by atoms with Gasteiger partial charge in [0.2, 0.25) is 18.7 Å². The maximum Gasteiger partial charge on any atom is 0.226 e. The summed E-state index contributed by atoms with van der Waals surface area (Å²) in [5.41, 5.74) is 3.47. The van der Waals surface area contributed by atoms with Crippen molar-refractivity contribution in [1.29, 1.82) is 0 Å². The van der Waals surface area contributed by atoms with Crippen LogP contribution in [-0.2, 0) is 20.9 Å². The number of imide groups is 1. The van der Waals surface area contributed by atoms with Crippen LogP contribution in [0.3, 0.4) is 0 Å². The molecule has 0 aliphatic carbocycles. The SMILES string of the molecule is Cc1cccc(CN(C=O)C(C)CCC(=O)NC=O)c1C. The monoisotopic (exact) mass is 290 g/mol. The van der Waals surface area contributed by atoms with Crippen LogP contribution >= 0.6 is 0 Å². The van der Waals surface area contributed by atoms with Gasteiger partial charge in [0.1, 0.15) is 0 Å². The average Bonchev–Trinajstić information content (AvgIpc) is 2.46. The zero-order chi connectivity index (χ0) is 15.8. The van der Waals surface area contributed by atoms with Crippen molar-refractivity contribution in [3.05, 3.63) is 34.9 Å². The lowest BCUT2D eigenvalue weighted by Gasteiger charge is -2.26. The highest BCUT2D eigenvalue weighted by atomic mass is 16.2. The fourth-order valence-corrected chi connectivity index (χ4v) is 2.12. The average molecular weight is 290 g/mol. The molecule has 1 N–H and O–H groups in total. The third-order valence-corrected chi connectivity index (χ3v) is 3.78. The van der Waals surface area contributed by atoms with Gasteiger partial charge in [-0.3, -0.25) is 19.7 Å². The third kappa shape index (κ3) is 5.02. The molecule has 0 bridgehead atoms. The smallest absolute Gasteiger partial charge is 0.226 e. The highest BCUT2D eigenvalue weighted by Crippen LogP contribution is 2.16. The molecule has 1 unspecified atom stereocenters. The summed E-state index contributed by atoms with van der Waals surface area (Å²) in [6.07, 6.45) is 1.92. The molecule has 1 aromatic rings. The highest BCUT2D eigenvalue weighted by Gasteiger charge is 2.15. The first-order valence-electron chi connectivity index (χ1n) is 6.98. The number of carbonyl (C=O) groups is 3. The molecule has 0 radical (unpaired) electrons. The number of nitrogens with one attached hydrogen (secondary N) is 1. The Kier molecular flexibility index (Phi) is 6.59. The van der Waals surface area contributed by atoms with E-state index in [1.807, 2.05) is 39.0 Å². The van der Waals surface area contributed by atoms with Crippen LogP contribution < -0.4 is 5.32 Å². The predicted octanol–water partition coefficient (Wildman–Crippen LogP) is 1.70. The van der Waals surface area contributed by atoms with E-state index in [-0.39, 0.29) is 18.4 Å². The van der Waals surface area contributed by atoms with Gasteiger partial charge in [0, 0.05) is 19.0 Å². The summed E-state index contributed by atoms with van der Waals surface area (Å²) >= 11 is 0. The molecule has 0 spiro atoms. The number of hydrogen-bond donors (Lipinski definition) is 1. The summed E-state index contributed by atoms with van der Waals surface area (Å²) in [6, 6.07) is 5.95. The van der Waals surface area contributed by atoms with Gasteiger partial charge in [-0.2, -0.15) is 0 Å². The van der Waals surface area contributed by atoms with Crippen molar-refractivity contribution in [3.8, 4) is 0 Å². The van der Waals surface area contributed by atoms with Crippen LogP contribution in [0.1, 0.15) is 36.5 Å². The molecule has 1 atom stereocenters. The zero-order valence-electron chi connectivity index (χ0n) is 12.8. The number of hydrogen-bond acceptors (Lipinski definition) is 3. The highest BCUT2D eigenvalue weighted by molar-refractivity contribution is 5.85. The van der Waals surface area contributed by atoms with Crippen molar-refractivity contribution in [2.24, 2.45) is 0 Å². The van der Waals surface area contributed by atoms with E-state index in [9.17, 15) is 14.4 Å². The molecule has 0 aromatic heterocycles. The molecule has 0 aliphatic rings. The van der Waals surface area contributed by atoms with Crippen molar-refractivity contribution in [1.82, 2.24) is 10.2 Å². The number of rotatable bonds is 8. The minimum Gasteiger partial charge on any atom is -0.338 e. The Morgan fingerprint density at radius 1 is 1.33 bits per heavy atom. The minimum absolute atomic E-state index is 0.0696. The molecule has 5 heteroatoms. The molecule has 0 saturated carbocycles. The number of nitrogens with zero attached hydrogens (tertiary/aromatic N) is 1. The molecule has 0 heterocycles. The summed E-state index contributed by atoms with van der Waals surface area (Å²) in [4.78, 5) is 34.4. The fraction of sp³-hybridized carbons (Fsp3) is 0.438. The first kappa shape index (κ1) is 16.9. The van der Waals surface area contributed by atoms with Crippen molar-refractivity contribution < 1.29 is 14.4 Å². The first-order valence-corrected chi connectivity index (χ1v) is 6.98. The Balaban J connectivity index is 2.65. The second kappa shape index (κ2) is 8.19. The molecule has 1 aromatic carbocycles. The van der Waals surface area contributed by atoms with E-state index < -0.39 is 0 Å². The molecule has 21 heavy (non-hydrogen) atoms. The number of carbonyl (C=O) groups excluding carboxylic acids is 3. The Morgan fingerprint density at radius 3 is 2.67 bits per heavy atom. The van der Waals surface area contributed by atoms with Gasteiger partial charge < -0.3 is 4.90 Å². The van der Waals surface area contributed by atoms with Crippen molar-refractivity contribution in [3.63, 3.8) is 0 Å². The lowest BCUT2D eigenvalue weighted by molar-refractivity contribution is -0.126. The fourth-order valence-electron chi connectivity index (χ4n) is 2.12. The summed E-state index contributed by atoms with van der Waals surface area (Å²) in [6.45, 7) is 6.49. The second-order valence-corrected chi connectivity index (χ2v) is 5.21. The van der Waals surface area contributed by atoms with Crippen LogP contribution in [0, 0.1) is 13.8 Å². The lowest BCUT2D eigenvalue weighted by Crippen LogP contribution is -2.33. The topological polar surface area (TPSA) is 66.5 Å². The zero-order valence-corrected chi connectivity index (χ0v) is 12.8. The summed E-state index contributed by atoms with van der Waals surface area (Å²) in [7, 11) is 0. The van der Waals surface area contributed by atoms with Gasteiger partial charge in [0.25, 0.3) is 0 Å². The van der Waals surface area contributed by atoms with Gasteiger partial charge in [-0.05, 0) is 43.9 Å². The predicted molar refractivity (Wildman–Crippen MR) is 80.4 cm³/mol. The molecular weight excluding hydrogens is 268 g/mol. The Morgan fingerprint density at radius 2 is 2.05 bits per heavy atom. The molecule has 5 nitrogen and oxygen atoms in total. The van der Waals surface area contributed by atoms with Crippen LogP contribution in [0.4, 0.5) is 0 Å². The van der Waals surface area contributed by atoms with E-state index in [0.717, 1.165) is 12.0 Å². The van der Waals surface area contributed by atoms with Crippen LogP contribution in [0.25, 0.3) is 0 Å². The van der Waals surface area contributed by atoms with E-state index in [2.05, 4.69) is 5.32 Å². The lowest BCUT2D eigenvalue weighted by atomic mass is 10.0. The number of aryl methyl sites for hydroxylation is 1. The van der Waals surface area contributed by atoms with Crippen molar-refractivity contribution in [2.45, 2.75) is 46.2 Å².